The smallest absolute Gasteiger partial charge is 0.119 e. The van der Waals surface area contributed by atoms with Crippen LogP contribution in [-0.2, 0) is 12.8 Å². The Morgan fingerprint density at radius 3 is 2.61 bits per heavy atom. The molecule has 0 saturated carbocycles. The van der Waals surface area contributed by atoms with Crippen LogP contribution in [-0.4, -0.2) is 48.2 Å². The molecule has 2 aliphatic heterocycles. The Bertz CT molecular complexity index is 1360. The normalized spacial score (nSPS) is 20.4. The van der Waals surface area contributed by atoms with Gasteiger partial charge < -0.3 is 9.84 Å². The van der Waals surface area contributed by atoms with E-state index in [0.29, 0.717) is 17.6 Å². The lowest BCUT2D eigenvalue weighted by Crippen LogP contribution is -2.26. The highest BCUT2D eigenvalue weighted by molar-refractivity contribution is 7.99. The van der Waals surface area contributed by atoms with Gasteiger partial charge in [-0.25, -0.2) is 0 Å². The van der Waals surface area contributed by atoms with Crippen LogP contribution in [0, 0.1) is 5.41 Å². The van der Waals surface area contributed by atoms with Crippen molar-refractivity contribution in [2.24, 2.45) is 5.41 Å². The van der Waals surface area contributed by atoms with Crippen LogP contribution >= 0.6 is 11.8 Å². The number of benzene rings is 3. The second-order valence-electron chi connectivity index (χ2n) is 11.7. The Morgan fingerprint density at radius 1 is 1.00 bits per heavy atom. The summed E-state index contributed by atoms with van der Waals surface area (Å²) in [5, 5.41) is 10.2. The third kappa shape index (κ3) is 5.23. The quantitative estimate of drug-likeness (QED) is 0.346. The lowest BCUT2D eigenvalue weighted by atomic mass is 9.88. The summed E-state index contributed by atoms with van der Waals surface area (Å²) in [4.78, 5) is 3.41. The first-order valence-corrected chi connectivity index (χ1v) is 14.7. The molecular weight excluding hydrogens is 493 g/mol. The molecule has 198 valence electrons. The van der Waals surface area contributed by atoms with Crippen LogP contribution in [0.3, 0.4) is 0 Å². The highest BCUT2D eigenvalue weighted by Crippen LogP contribution is 2.46. The number of nitrogens with zero attached hydrogens (tertiary/aromatic N) is 1. The molecule has 3 aromatic carbocycles. The van der Waals surface area contributed by atoms with E-state index in [-0.39, 0.29) is 12.8 Å². The third-order valence-corrected chi connectivity index (χ3v) is 9.17. The van der Waals surface area contributed by atoms with Crippen LogP contribution in [0.25, 0.3) is 11.1 Å². The summed E-state index contributed by atoms with van der Waals surface area (Å²) < 4.78 is 18.8. The van der Waals surface area contributed by atoms with Crippen molar-refractivity contribution in [2.45, 2.75) is 50.5 Å². The highest BCUT2D eigenvalue weighted by Gasteiger charge is 2.30. The van der Waals surface area contributed by atoms with E-state index in [2.05, 4.69) is 67.3 Å². The second kappa shape index (κ2) is 10.4. The van der Waals surface area contributed by atoms with Crippen molar-refractivity contribution >= 4 is 22.9 Å². The minimum atomic E-state index is -0.258. The predicted octanol–water partition coefficient (Wildman–Crippen LogP) is 7.39. The first kappa shape index (κ1) is 25.5. The lowest BCUT2D eigenvalue weighted by Gasteiger charge is -2.25. The van der Waals surface area contributed by atoms with E-state index in [4.69, 9.17) is 4.74 Å². The van der Waals surface area contributed by atoms with Gasteiger partial charge in [-0.3, -0.25) is 9.29 Å². The largest absolute Gasteiger partial charge is 0.508 e. The fourth-order valence-corrected chi connectivity index (χ4v) is 7.44. The molecule has 0 aromatic heterocycles. The molecule has 1 fully saturated rings. The third-order valence-electron chi connectivity index (χ3n) is 8.08. The molecule has 0 amide bonds. The standard InChI is InChI=1S/C33H36FNO2S/c1-33(2)18-24-5-4-23(16-25(24)19-33)30-21-38-31-17-26(36)8-11-29(31)32(30)22-6-9-27(10-7-22)37-28-12-15-35(20-28)14-3-13-34/h4-11,16-17,28,36H,3,12-15,18-21H2,1-2H3/t28-/m0/s1. The minimum absolute atomic E-state index is 0.153. The number of rotatable bonds is 7. The molecular formula is C33H36FNO2S. The Hall–Kier alpha value is -2.76. The SMILES string of the molecule is CC1(C)Cc2ccc(C3=C(c4ccc(O[C@H]5CCN(CCCF)C5)cc4)c4ccc(O)cc4SC3)cc2C1. The van der Waals surface area contributed by atoms with Gasteiger partial charge in [0.2, 0.25) is 0 Å². The topological polar surface area (TPSA) is 32.7 Å². The fraction of sp³-hybridized carbons (Fsp3) is 0.394. The summed E-state index contributed by atoms with van der Waals surface area (Å²) in [6.07, 6.45) is 3.99. The molecule has 3 aliphatic rings. The molecule has 0 spiro atoms. The van der Waals surface area contributed by atoms with Crippen molar-refractivity contribution in [3.8, 4) is 11.5 Å². The van der Waals surface area contributed by atoms with E-state index >= 15 is 0 Å². The zero-order valence-corrected chi connectivity index (χ0v) is 23.1. The molecule has 0 unspecified atom stereocenters. The fourth-order valence-electron chi connectivity index (χ4n) is 6.30. The zero-order chi connectivity index (χ0) is 26.3. The number of hydrogen-bond donors (Lipinski definition) is 1. The van der Waals surface area contributed by atoms with Crippen LogP contribution in [0.2, 0.25) is 0 Å². The summed E-state index contributed by atoms with van der Waals surface area (Å²) in [6, 6.07) is 21.3. The van der Waals surface area contributed by atoms with Gasteiger partial charge in [0.05, 0.1) is 6.67 Å². The van der Waals surface area contributed by atoms with E-state index in [0.717, 1.165) is 60.9 Å². The van der Waals surface area contributed by atoms with Gasteiger partial charge in [-0.1, -0.05) is 44.2 Å². The number of phenols is 1. The number of aromatic hydroxyl groups is 1. The average Bonchev–Trinajstić information content (AvgIpc) is 3.48. The Kier molecular flexibility index (Phi) is 7.00. The predicted molar refractivity (Wildman–Crippen MR) is 155 cm³/mol. The summed E-state index contributed by atoms with van der Waals surface area (Å²) in [5.41, 5.74) is 9.48. The van der Waals surface area contributed by atoms with Gasteiger partial charge in [-0.2, -0.15) is 0 Å². The van der Waals surface area contributed by atoms with Crippen molar-refractivity contribution in [2.75, 3.05) is 32.1 Å². The lowest BCUT2D eigenvalue weighted by molar-refractivity contribution is 0.198. The van der Waals surface area contributed by atoms with Crippen molar-refractivity contribution < 1.29 is 14.2 Å². The Morgan fingerprint density at radius 2 is 1.79 bits per heavy atom. The molecule has 5 heteroatoms. The summed E-state index contributed by atoms with van der Waals surface area (Å²) in [6.45, 7) is 7.09. The van der Waals surface area contributed by atoms with Crippen LogP contribution < -0.4 is 4.74 Å². The number of likely N-dealkylation sites (tertiary alicyclic amines) is 1. The van der Waals surface area contributed by atoms with Gasteiger partial charge in [0.25, 0.3) is 0 Å². The van der Waals surface area contributed by atoms with Crippen LogP contribution in [0.15, 0.2) is 65.6 Å². The first-order valence-electron chi connectivity index (χ1n) is 13.8. The maximum Gasteiger partial charge on any atom is 0.119 e. The molecule has 38 heavy (non-hydrogen) atoms. The molecule has 6 rings (SSSR count). The molecule has 0 bridgehead atoms. The zero-order valence-electron chi connectivity index (χ0n) is 22.3. The summed E-state index contributed by atoms with van der Waals surface area (Å²) in [5.74, 6) is 2.05. The molecule has 1 atom stereocenters. The van der Waals surface area contributed by atoms with E-state index in [1.807, 2.05) is 6.07 Å². The maximum atomic E-state index is 12.5. The van der Waals surface area contributed by atoms with Gasteiger partial charge in [-0.05, 0) is 100 Å². The Balaban J connectivity index is 1.32. The van der Waals surface area contributed by atoms with Crippen molar-refractivity contribution in [3.63, 3.8) is 0 Å². The first-order chi connectivity index (χ1) is 18.4. The number of fused-ring (bicyclic) bond motifs is 2. The molecule has 3 aromatic rings. The number of ether oxygens (including phenoxy) is 1. The number of halogens is 1. The number of phenolic OH excluding ortho intramolecular Hbond substituents is 1. The van der Waals surface area contributed by atoms with Gasteiger partial charge in [0, 0.05) is 30.3 Å². The summed E-state index contributed by atoms with van der Waals surface area (Å²) >= 11 is 1.80. The minimum Gasteiger partial charge on any atom is -0.508 e. The molecule has 1 N–H and O–H groups in total. The van der Waals surface area contributed by atoms with Crippen LogP contribution in [0.4, 0.5) is 4.39 Å². The second-order valence-corrected chi connectivity index (χ2v) is 12.7. The molecule has 1 aliphatic carbocycles. The van der Waals surface area contributed by atoms with E-state index in [1.54, 1.807) is 17.8 Å². The number of thioether (sulfide) groups is 1. The van der Waals surface area contributed by atoms with Crippen LogP contribution in [0.5, 0.6) is 11.5 Å². The summed E-state index contributed by atoms with van der Waals surface area (Å²) in [7, 11) is 0. The highest BCUT2D eigenvalue weighted by atomic mass is 32.2. The number of alkyl halides is 1. The van der Waals surface area contributed by atoms with Crippen LogP contribution in [0.1, 0.15) is 54.5 Å². The van der Waals surface area contributed by atoms with Crippen molar-refractivity contribution in [1.29, 1.82) is 0 Å². The molecule has 1 saturated heterocycles. The van der Waals surface area contributed by atoms with Gasteiger partial charge in [-0.15, -0.1) is 11.8 Å². The number of hydrogen-bond acceptors (Lipinski definition) is 4. The Labute approximate surface area is 229 Å². The van der Waals surface area contributed by atoms with E-state index in [9.17, 15) is 9.50 Å². The molecule has 0 radical (unpaired) electrons. The van der Waals surface area contributed by atoms with E-state index < -0.39 is 0 Å². The van der Waals surface area contributed by atoms with E-state index in [1.165, 1.54) is 33.4 Å². The maximum absolute atomic E-state index is 12.5. The van der Waals surface area contributed by atoms with Crippen molar-refractivity contribution in [1.82, 2.24) is 4.90 Å². The monoisotopic (exact) mass is 529 g/mol. The molecule has 2 heterocycles. The van der Waals surface area contributed by atoms with Gasteiger partial charge >= 0.3 is 0 Å². The van der Waals surface area contributed by atoms with Gasteiger partial charge in [0.15, 0.2) is 0 Å². The van der Waals surface area contributed by atoms with Crippen molar-refractivity contribution in [3.05, 3.63) is 88.5 Å². The van der Waals surface area contributed by atoms with Gasteiger partial charge in [0.1, 0.15) is 17.6 Å². The molecule has 3 nitrogen and oxygen atoms in total. The average molecular weight is 530 g/mol.